The molecule has 0 atom stereocenters. The molecular formula is C31H30N2O2. The van der Waals surface area contributed by atoms with E-state index in [0.29, 0.717) is 18.0 Å². The third-order valence-corrected chi connectivity index (χ3v) is 6.35. The fourth-order valence-electron chi connectivity index (χ4n) is 4.37. The lowest BCUT2D eigenvalue weighted by Gasteiger charge is -2.17. The maximum atomic E-state index is 13.3. The first-order valence-corrected chi connectivity index (χ1v) is 11.9. The molecule has 0 aliphatic carbocycles. The van der Waals surface area contributed by atoms with Crippen LogP contribution in [0, 0.1) is 32.1 Å². The molecule has 0 saturated heterocycles. The summed E-state index contributed by atoms with van der Waals surface area (Å²) in [4.78, 5) is 13.3. The molecule has 0 aliphatic heterocycles. The van der Waals surface area contributed by atoms with Crippen LogP contribution >= 0.6 is 0 Å². The molecule has 0 spiro atoms. The summed E-state index contributed by atoms with van der Waals surface area (Å²) in [7, 11) is 0. The number of nitriles is 1. The molecule has 0 fully saturated rings. The van der Waals surface area contributed by atoms with Crippen molar-refractivity contribution < 1.29 is 4.74 Å². The number of ether oxygens (including phenoxy) is 1. The third kappa shape index (κ3) is 5.05. The molecule has 3 aromatic carbocycles. The number of benzene rings is 3. The van der Waals surface area contributed by atoms with Gasteiger partial charge in [-0.1, -0.05) is 55.8 Å². The Morgan fingerprint density at radius 3 is 2.29 bits per heavy atom. The number of aromatic nitrogens is 1. The predicted octanol–water partition coefficient (Wildman–Crippen LogP) is 7.28. The molecular weight excluding hydrogens is 432 g/mol. The lowest BCUT2D eigenvalue weighted by Crippen LogP contribution is -2.26. The molecule has 0 unspecified atom stereocenters. The van der Waals surface area contributed by atoms with E-state index < -0.39 is 0 Å². The smallest absolute Gasteiger partial charge is 0.269 e. The van der Waals surface area contributed by atoms with Gasteiger partial charge in [0, 0.05) is 0 Å². The molecule has 4 rings (SSSR count). The van der Waals surface area contributed by atoms with Crippen molar-refractivity contribution >= 4 is 0 Å². The van der Waals surface area contributed by atoms with Gasteiger partial charge >= 0.3 is 0 Å². The Morgan fingerprint density at radius 2 is 1.63 bits per heavy atom. The minimum atomic E-state index is -0.270. The van der Waals surface area contributed by atoms with E-state index in [-0.39, 0.29) is 11.1 Å². The minimum absolute atomic E-state index is 0.184. The molecule has 1 heterocycles. The maximum Gasteiger partial charge on any atom is 0.269 e. The zero-order valence-electron chi connectivity index (χ0n) is 20.9. The van der Waals surface area contributed by atoms with Gasteiger partial charge in [-0.2, -0.15) is 5.26 Å². The highest BCUT2D eigenvalue weighted by Gasteiger charge is 2.16. The van der Waals surface area contributed by atoms with Crippen LogP contribution in [-0.4, -0.2) is 4.57 Å². The van der Waals surface area contributed by atoms with Crippen LogP contribution in [-0.2, 0) is 6.54 Å². The Labute approximate surface area is 207 Å². The summed E-state index contributed by atoms with van der Waals surface area (Å²) in [5, 5.41) is 9.60. The van der Waals surface area contributed by atoms with Crippen LogP contribution in [0.5, 0.6) is 11.5 Å². The standard InChI is InChI=1S/C31H30N2O2/c1-20(2)27-8-6-7-9-30(27)35-26-14-12-24(13-15-26)29-17-23(5)28(18-32)31(34)33(29)19-25-11-10-21(3)16-22(25)4/h6-17,20H,19H2,1-5H3. The van der Waals surface area contributed by atoms with E-state index in [2.05, 4.69) is 45.0 Å². The van der Waals surface area contributed by atoms with Crippen molar-refractivity contribution in [1.82, 2.24) is 4.57 Å². The van der Waals surface area contributed by atoms with Gasteiger partial charge in [-0.25, -0.2) is 0 Å². The minimum Gasteiger partial charge on any atom is -0.457 e. The van der Waals surface area contributed by atoms with Crippen LogP contribution < -0.4 is 10.3 Å². The second kappa shape index (κ2) is 10.0. The average Bonchev–Trinajstić information content (AvgIpc) is 2.83. The Kier molecular flexibility index (Phi) is 6.89. The molecule has 1 aromatic heterocycles. The Morgan fingerprint density at radius 1 is 0.914 bits per heavy atom. The van der Waals surface area contributed by atoms with E-state index in [4.69, 9.17) is 4.74 Å². The highest BCUT2D eigenvalue weighted by atomic mass is 16.5. The topological polar surface area (TPSA) is 55.0 Å². The van der Waals surface area contributed by atoms with E-state index in [1.807, 2.05) is 68.4 Å². The number of para-hydroxylation sites is 1. The molecule has 4 nitrogen and oxygen atoms in total. The fourth-order valence-corrected chi connectivity index (χ4v) is 4.37. The van der Waals surface area contributed by atoms with E-state index >= 15 is 0 Å². The third-order valence-electron chi connectivity index (χ3n) is 6.35. The van der Waals surface area contributed by atoms with Crippen molar-refractivity contribution in [3.63, 3.8) is 0 Å². The first-order chi connectivity index (χ1) is 16.8. The average molecular weight is 463 g/mol. The first-order valence-electron chi connectivity index (χ1n) is 11.9. The zero-order valence-corrected chi connectivity index (χ0v) is 20.9. The SMILES string of the molecule is Cc1ccc(Cn2c(-c3ccc(Oc4ccccc4C(C)C)cc3)cc(C)c(C#N)c2=O)c(C)c1. The molecule has 4 aromatic rings. The van der Waals surface area contributed by atoms with E-state index in [1.54, 1.807) is 4.57 Å². The van der Waals surface area contributed by atoms with Crippen LogP contribution in [0.15, 0.2) is 77.6 Å². The highest BCUT2D eigenvalue weighted by Crippen LogP contribution is 2.32. The molecule has 0 amide bonds. The van der Waals surface area contributed by atoms with Crippen LogP contribution in [0.3, 0.4) is 0 Å². The summed E-state index contributed by atoms with van der Waals surface area (Å²) < 4.78 is 7.89. The molecule has 0 saturated carbocycles. The fraction of sp³-hybridized carbons (Fsp3) is 0.226. The summed E-state index contributed by atoms with van der Waals surface area (Å²) in [6.45, 7) is 10.6. The van der Waals surface area contributed by atoms with Crippen LogP contribution in [0.4, 0.5) is 0 Å². The summed E-state index contributed by atoms with van der Waals surface area (Å²) >= 11 is 0. The summed E-state index contributed by atoms with van der Waals surface area (Å²) in [5.41, 5.74) is 6.76. The van der Waals surface area contributed by atoms with Gasteiger partial charge in [0.25, 0.3) is 5.56 Å². The summed E-state index contributed by atoms with van der Waals surface area (Å²) in [6, 6.07) is 26.1. The molecule has 35 heavy (non-hydrogen) atoms. The van der Waals surface area contributed by atoms with Gasteiger partial charge in [-0.15, -0.1) is 0 Å². The molecule has 4 heteroatoms. The van der Waals surface area contributed by atoms with Gasteiger partial charge < -0.3 is 9.30 Å². The van der Waals surface area contributed by atoms with Crippen molar-refractivity contribution in [2.45, 2.75) is 47.1 Å². The largest absolute Gasteiger partial charge is 0.457 e. The number of rotatable bonds is 6. The number of aryl methyl sites for hydroxylation is 3. The predicted molar refractivity (Wildman–Crippen MR) is 141 cm³/mol. The van der Waals surface area contributed by atoms with Crippen LogP contribution in [0.2, 0.25) is 0 Å². The van der Waals surface area contributed by atoms with Gasteiger partial charge in [0.1, 0.15) is 23.1 Å². The van der Waals surface area contributed by atoms with Gasteiger partial charge in [-0.3, -0.25) is 4.79 Å². The summed E-state index contributed by atoms with van der Waals surface area (Å²) in [5.74, 6) is 1.93. The molecule has 0 aliphatic rings. The monoisotopic (exact) mass is 462 g/mol. The lowest BCUT2D eigenvalue weighted by atomic mass is 10.0. The molecule has 0 N–H and O–H groups in total. The van der Waals surface area contributed by atoms with Gasteiger partial charge in [0.15, 0.2) is 0 Å². The van der Waals surface area contributed by atoms with Gasteiger partial charge in [0.2, 0.25) is 0 Å². The second-order valence-electron chi connectivity index (χ2n) is 9.34. The van der Waals surface area contributed by atoms with E-state index in [0.717, 1.165) is 39.4 Å². The van der Waals surface area contributed by atoms with Gasteiger partial charge in [-0.05, 0) is 90.9 Å². The normalized spacial score (nSPS) is 10.9. The number of hydrogen-bond donors (Lipinski definition) is 0. The van der Waals surface area contributed by atoms with Crippen molar-refractivity contribution in [3.8, 4) is 28.8 Å². The Balaban J connectivity index is 1.74. The number of pyridine rings is 1. The number of hydrogen-bond acceptors (Lipinski definition) is 3. The molecule has 0 radical (unpaired) electrons. The van der Waals surface area contributed by atoms with Crippen molar-refractivity contribution in [2.24, 2.45) is 0 Å². The van der Waals surface area contributed by atoms with Crippen molar-refractivity contribution in [2.75, 3.05) is 0 Å². The quantitative estimate of drug-likeness (QED) is 0.303. The maximum absolute atomic E-state index is 13.3. The van der Waals surface area contributed by atoms with Crippen molar-refractivity contribution in [1.29, 1.82) is 5.26 Å². The van der Waals surface area contributed by atoms with Gasteiger partial charge in [0.05, 0.1) is 12.2 Å². The molecule has 0 bridgehead atoms. The van der Waals surface area contributed by atoms with E-state index in [1.165, 1.54) is 5.56 Å². The molecule has 176 valence electrons. The second-order valence-corrected chi connectivity index (χ2v) is 9.34. The Bertz CT molecular complexity index is 1470. The number of nitrogens with zero attached hydrogens (tertiary/aromatic N) is 2. The van der Waals surface area contributed by atoms with Crippen molar-refractivity contribution in [3.05, 3.63) is 117 Å². The highest BCUT2D eigenvalue weighted by molar-refractivity contribution is 5.63. The van der Waals surface area contributed by atoms with Crippen LogP contribution in [0.25, 0.3) is 11.3 Å². The zero-order chi connectivity index (χ0) is 25.1. The Hall–Kier alpha value is -4.10. The lowest BCUT2D eigenvalue weighted by molar-refractivity contribution is 0.473. The summed E-state index contributed by atoms with van der Waals surface area (Å²) in [6.07, 6.45) is 0. The van der Waals surface area contributed by atoms with E-state index in [9.17, 15) is 10.1 Å². The first kappa shape index (κ1) is 24.0. The van der Waals surface area contributed by atoms with Crippen LogP contribution in [0.1, 0.15) is 53.1 Å².